The molecular formula is C38H32N4O3S2. The van der Waals surface area contributed by atoms with Crippen molar-refractivity contribution in [2.75, 3.05) is 6.54 Å². The minimum Gasteiger partial charge on any atom is -0.480 e. The number of hydrogen-bond donors (Lipinski definition) is 2. The van der Waals surface area contributed by atoms with E-state index in [9.17, 15) is 14.7 Å². The normalized spacial score (nSPS) is 14.2. The van der Waals surface area contributed by atoms with Crippen LogP contribution in [0.15, 0.2) is 102 Å². The Morgan fingerprint density at radius 2 is 1.57 bits per heavy atom. The third-order valence-electron chi connectivity index (χ3n) is 8.43. The molecule has 4 aromatic carbocycles. The number of hydrogen-bond acceptors (Lipinski definition) is 5. The molecule has 0 saturated carbocycles. The Balaban J connectivity index is 1.35. The van der Waals surface area contributed by atoms with Crippen LogP contribution >= 0.6 is 24.0 Å². The second-order valence-corrected chi connectivity index (χ2v) is 13.2. The number of nitrogens with one attached hydrogen (secondary N) is 1. The van der Waals surface area contributed by atoms with Gasteiger partial charge < -0.3 is 14.7 Å². The van der Waals surface area contributed by atoms with E-state index in [1.165, 1.54) is 0 Å². The van der Waals surface area contributed by atoms with Crippen molar-refractivity contribution >= 4 is 68.1 Å². The van der Waals surface area contributed by atoms with E-state index in [0.29, 0.717) is 4.91 Å². The van der Waals surface area contributed by atoms with Gasteiger partial charge in [-0.2, -0.15) is 0 Å². The number of fused-ring (bicyclic) bond motifs is 3. The first-order valence-corrected chi connectivity index (χ1v) is 16.9. The smallest absolute Gasteiger partial charge is 0.323 e. The van der Waals surface area contributed by atoms with E-state index in [-0.39, 0.29) is 10.2 Å². The van der Waals surface area contributed by atoms with Crippen LogP contribution in [0.4, 0.5) is 0 Å². The topological polar surface area (TPSA) is 91.2 Å². The molecule has 7 nitrogen and oxygen atoms in total. The number of unbranched alkanes of at least 4 members (excludes halogenated alkanes) is 2. The number of imidazole rings is 1. The molecule has 0 radical (unpaired) electrons. The Morgan fingerprint density at radius 3 is 2.28 bits per heavy atom. The zero-order chi connectivity index (χ0) is 32.5. The minimum atomic E-state index is -1.10. The van der Waals surface area contributed by atoms with Crippen molar-refractivity contribution in [3.8, 4) is 33.9 Å². The number of rotatable bonds is 10. The average molecular weight is 657 g/mol. The van der Waals surface area contributed by atoms with Crippen LogP contribution < -0.4 is 0 Å². The number of aromatic amines is 1. The van der Waals surface area contributed by atoms with Gasteiger partial charge in [-0.3, -0.25) is 14.5 Å². The van der Waals surface area contributed by atoms with E-state index in [4.69, 9.17) is 17.2 Å². The van der Waals surface area contributed by atoms with Gasteiger partial charge in [-0.25, -0.2) is 4.98 Å². The van der Waals surface area contributed by atoms with Gasteiger partial charge in [0.05, 0.1) is 16.3 Å². The zero-order valence-corrected chi connectivity index (χ0v) is 27.4. The van der Waals surface area contributed by atoms with E-state index in [1.54, 1.807) is 6.08 Å². The number of carboxylic acids is 1. The number of carbonyl (C=O) groups is 2. The van der Waals surface area contributed by atoms with Gasteiger partial charge in [-0.05, 0) is 48.4 Å². The number of nitrogens with zero attached hydrogens (tertiary/aromatic N) is 3. The van der Waals surface area contributed by atoms with Crippen LogP contribution in [0, 0.1) is 0 Å². The molecular weight excluding hydrogens is 625 g/mol. The van der Waals surface area contributed by atoms with Gasteiger partial charge in [-0.1, -0.05) is 110 Å². The molecule has 0 unspecified atom stereocenters. The van der Waals surface area contributed by atoms with Gasteiger partial charge in [0.15, 0.2) is 0 Å². The monoisotopic (exact) mass is 656 g/mol. The lowest BCUT2D eigenvalue weighted by atomic mass is 10.1. The van der Waals surface area contributed by atoms with Crippen molar-refractivity contribution in [2.24, 2.45) is 0 Å². The summed E-state index contributed by atoms with van der Waals surface area (Å²) in [5.41, 5.74) is 8.07. The first-order chi connectivity index (χ1) is 22.9. The molecule has 9 heteroatoms. The number of carboxylic acid groups (broad SMARTS) is 1. The van der Waals surface area contributed by atoms with Crippen molar-refractivity contribution < 1.29 is 14.7 Å². The van der Waals surface area contributed by atoms with Crippen LogP contribution in [-0.2, 0) is 16.1 Å². The number of carbonyl (C=O) groups excluding carboxylic acids is 1. The predicted molar refractivity (Wildman–Crippen MR) is 195 cm³/mol. The number of thiocarbonyl (C=S) groups is 1. The predicted octanol–water partition coefficient (Wildman–Crippen LogP) is 8.99. The second-order valence-electron chi connectivity index (χ2n) is 11.6. The highest BCUT2D eigenvalue weighted by atomic mass is 32.2. The van der Waals surface area contributed by atoms with E-state index in [0.717, 1.165) is 104 Å². The summed E-state index contributed by atoms with van der Waals surface area (Å²) < 4.78 is 2.64. The van der Waals surface area contributed by atoms with Crippen molar-refractivity contribution in [1.29, 1.82) is 0 Å². The summed E-state index contributed by atoms with van der Waals surface area (Å²) >= 11 is 6.44. The number of benzene rings is 4. The first kappa shape index (κ1) is 30.7. The van der Waals surface area contributed by atoms with Crippen molar-refractivity contribution in [2.45, 2.75) is 32.7 Å². The molecule has 0 aliphatic carbocycles. The Kier molecular flexibility index (Phi) is 8.49. The van der Waals surface area contributed by atoms with Crippen LogP contribution in [0.3, 0.4) is 0 Å². The highest BCUT2D eigenvalue weighted by molar-refractivity contribution is 8.26. The standard InChI is InChI=1S/C38H32N4O3S2/c1-2-3-10-19-41-30-17-15-24(21-32-37(45)42(23-33(43)44)38(46)47-32)20-28(30)29-22-27(16-18-31(29)41)36-39-34(25-11-6-4-7-12-25)35(40-36)26-13-8-5-9-14-26/h4-9,11-18,20-22H,2-3,10,19,23H2,1H3,(H,39,40)(H,43,44)/b32-21+. The van der Waals surface area contributed by atoms with Gasteiger partial charge in [0.2, 0.25) is 0 Å². The fourth-order valence-electron chi connectivity index (χ4n) is 6.17. The van der Waals surface area contributed by atoms with E-state index in [1.807, 2.05) is 42.5 Å². The van der Waals surface area contributed by atoms with Gasteiger partial charge in [0, 0.05) is 45.0 Å². The van der Waals surface area contributed by atoms with Gasteiger partial charge >= 0.3 is 5.97 Å². The molecule has 2 N–H and O–H groups in total. The molecule has 0 spiro atoms. The van der Waals surface area contributed by atoms with Crippen molar-refractivity contribution in [3.63, 3.8) is 0 Å². The SMILES string of the molecule is CCCCCn1c2ccc(/C=C3/SC(=S)N(CC(=O)O)C3=O)cc2c2cc(-c3nc(-c4ccccc4)c(-c4ccccc4)[nH]3)ccc21. The molecule has 0 bridgehead atoms. The molecule has 6 aromatic rings. The lowest BCUT2D eigenvalue weighted by Crippen LogP contribution is -2.33. The van der Waals surface area contributed by atoms with Crippen molar-refractivity contribution in [3.05, 3.63) is 108 Å². The molecule has 3 heterocycles. The Bertz CT molecular complexity index is 2130. The maximum absolute atomic E-state index is 13.0. The summed E-state index contributed by atoms with van der Waals surface area (Å²) in [7, 11) is 0. The average Bonchev–Trinajstić information content (AvgIpc) is 3.74. The molecule has 234 valence electrons. The van der Waals surface area contributed by atoms with Gasteiger partial charge in [0.1, 0.15) is 16.7 Å². The third kappa shape index (κ3) is 6.00. The Morgan fingerprint density at radius 1 is 0.894 bits per heavy atom. The van der Waals surface area contributed by atoms with Crippen LogP contribution in [-0.4, -0.2) is 47.3 Å². The molecule has 47 heavy (non-hydrogen) atoms. The molecule has 0 atom stereocenters. The zero-order valence-electron chi connectivity index (χ0n) is 25.8. The summed E-state index contributed by atoms with van der Waals surface area (Å²) in [6, 6.07) is 33.2. The summed E-state index contributed by atoms with van der Waals surface area (Å²) in [6.45, 7) is 2.66. The van der Waals surface area contributed by atoms with Gasteiger partial charge in [0.25, 0.3) is 5.91 Å². The number of amides is 1. The number of thioether (sulfide) groups is 1. The minimum absolute atomic E-state index is 0.255. The molecule has 1 saturated heterocycles. The molecule has 1 fully saturated rings. The quantitative estimate of drug-likeness (QED) is 0.0869. The summed E-state index contributed by atoms with van der Waals surface area (Å²) in [4.78, 5) is 34.6. The second kappa shape index (κ2) is 13.0. The van der Waals surface area contributed by atoms with E-state index in [2.05, 4.69) is 71.1 Å². The highest BCUT2D eigenvalue weighted by Gasteiger charge is 2.33. The van der Waals surface area contributed by atoms with Crippen LogP contribution in [0.1, 0.15) is 31.7 Å². The van der Waals surface area contributed by atoms with Gasteiger partial charge in [-0.15, -0.1) is 0 Å². The highest BCUT2D eigenvalue weighted by Crippen LogP contribution is 2.38. The molecule has 7 rings (SSSR count). The lowest BCUT2D eigenvalue weighted by molar-refractivity contribution is -0.140. The molecule has 2 aromatic heterocycles. The maximum atomic E-state index is 13.0. The number of aromatic nitrogens is 3. The summed E-state index contributed by atoms with van der Waals surface area (Å²) in [5, 5.41) is 11.4. The lowest BCUT2D eigenvalue weighted by Gasteiger charge is -2.10. The number of aliphatic carboxylic acids is 1. The van der Waals surface area contributed by atoms with Crippen LogP contribution in [0.2, 0.25) is 0 Å². The third-order valence-corrected chi connectivity index (χ3v) is 9.80. The Labute approximate surface area is 281 Å². The summed E-state index contributed by atoms with van der Waals surface area (Å²) in [6.07, 6.45) is 5.16. The molecule has 1 aliphatic heterocycles. The van der Waals surface area contributed by atoms with Crippen LogP contribution in [0.25, 0.3) is 61.8 Å². The summed E-state index contributed by atoms with van der Waals surface area (Å²) in [5.74, 6) is -0.693. The fourth-order valence-corrected chi connectivity index (χ4v) is 7.43. The number of aryl methyl sites for hydroxylation is 1. The molecule has 1 amide bonds. The Hall–Kier alpha value is -4.99. The fraction of sp³-hybridized carbons (Fsp3) is 0.158. The van der Waals surface area contributed by atoms with E-state index < -0.39 is 12.5 Å². The first-order valence-electron chi connectivity index (χ1n) is 15.7. The number of H-pyrrole nitrogens is 1. The van der Waals surface area contributed by atoms with E-state index >= 15 is 0 Å². The maximum Gasteiger partial charge on any atom is 0.323 e. The largest absolute Gasteiger partial charge is 0.480 e. The van der Waals surface area contributed by atoms with Crippen LogP contribution in [0.5, 0.6) is 0 Å². The molecule has 1 aliphatic rings. The van der Waals surface area contributed by atoms with Crippen molar-refractivity contribution in [1.82, 2.24) is 19.4 Å².